The molecule has 0 bridgehead atoms. The number of cyclic esters (lactones) is 1. The first-order valence-electron chi connectivity index (χ1n) is 8.45. The molecule has 2 heterocycles. The maximum Gasteiger partial charge on any atom is 0.342 e. The smallest absolute Gasteiger partial charge is 0.342 e. The number of hydrogen-bond donors (Lipinski definition) is 2. The number of phenolic OH excluding ortho intramolecular Hbond substituents is 2. The summed E-state index contributed by atoms with van der Waals surface area (Å²) >= 11 is 6.21. The molecule has 0 aromatic heterocycles. The Hall–Kier alpha value is -2.51. The largest absolute Gasteiger partial charge is 0.507 e. The monoisotopic (exact) mass is 393 g/mol. The van der Waals surface area contributed by atoms with E-state index in [-0.39, 0.29) is 40.5 Å². The zero-order valence-corrected chi connectivity index (χ0v) is 15.6. The van der Waals surface area contributed by atoms with E-state index in [0.717, 1.165) is 6.07 Å². The predicted molar refractivity (Wildman–Crippen MR) is 99.4 cm³/mol. The third-order valence-electron chi connectivity index (χ3n) is 4.29. The minimum Gasteiger partial charge on any atom is -0.507 e. The van der Waals surface area contributed by atoms with Crippen molar-refractivity contribution in [3.63, 3.8) is 0 Å². The van der Waals surface area contributed by atoms with Crippen molar-refractivity contribution in [1.29, 1.82) is 0 Å². The lowest BCUT2D eigenvalue weighted by Crippen LogP contribution is -2.19. The number of benzene rings is 1. The first-order valence-corrected chi connectivity index (χ1v) is 8.83. The van der Waals surface area contributed by atoms with Crippen molar-refractivity contribution in [3.05, 3.63) is 46.5 Å². The van der Waals surface area contributed by atoms with Crippen molar-refractivity contribution in [2.45, 2.75) is 38.1 Å². The predicted octanol–water partition coefficient (Wildman–Crippen LogP) is 3.12. The number of oxime groups is 1. The minimum absolute atomic E-state index is 0.0198. The van der Waals surface area contributed by atoms with E-state index in [1.54, 1.807) is 19.1 Å². The topological polar surface area (TPSA) is 101 Å². The first kappa shape index (κ1) is 19.3. The van der Waals surface area contributed by atoms with Gasteiger partial charge in [0.1, 0.15) is 36.4 Å². The van der Waals surface area contributed by atoms with Gasteiger partial charge in [0.05, 0.1) is 16.8 Å². The molecule has 144 valence electrons. The molecule has 3 rings (SSSR count). The van der Waals surface area contributed by atoms with Crippen molar-refractivity contribution < 1.29 is 29.3 Å². The van der Waals surface area contributed by atoms with Crippen molar-refractivity contribution in [2.24, 2.45) is 5.16 Å². The van der Waals surface area contributed by atoms with Crippen LogP contribution in [-0.4, -0.2) is 47.3 Å². The fourth-order valence-electron chi connectivity index (χ4n) is 2.97. The molecular formula is C19H20ClNO6. The SMILES string of the molecule is CO/N=C1/C=C/C=C\[C@H]2O[C@@H]2C[C@@H](C)OC(=O)c2c(O)cc(O)c(Cl)c2C1. The van der Waals surface area contributed by atoms with Gasteiger partial charge in [-0.3, -0.25) is 0 Å². The summed E-state index contributed by atoms with van der Waals surface area (Å²) in [6.45, 7) is 1.75. The molecule has 0 saturated carbocycles. The standard InChI is InChI=1S/C19H20ClNO6/c1-10-7-16-15(27-16)6-4-3-5-11(21-25-2)8-12-17(19(24)26-10)13(22)9-14(23)18(12)20/h3-6,9-10,15-16,22-23H,7-8H2,1-2H3/b5-3+,6-4-,21-11-/t10-,15-,16-/m1/s1. The van der Waals surface area contributed by atoms with E-state index < -0.39 is 17.8 Å². The molecule has 3 atom stereocenters. The maximum atomic E-state index is 12.7. The van der Waals surface area contributed by atoms with Gasteiger partial charge in [-0.05, 0) is 18.6 Å². The summed E-state index contributed by atoms with van der Waals surface area (Å²) in [6.07, 6.45) is 7.29. The number of phenols is 2. The van der Waals surface area contributed by atoms with Crippen molar-refractivity contribution >= 4 is 23.3 Å². The van der Waals surface area contributed by atoms with Crippen LogP contribution < -0.4 is 0 Å². The lowest BCUT2D eigenvalue weighted by atomic mass is 9.99. The molecule has 1 fully saturated rings. The number of halogens is 1. The minimum atomic E-state index is -0.734. The van der Waals surface area contributed by atoms with Crippen molar-refractivity contribution in [1.82, 2.24) is 0 Å². The second kappa shape index (κ2) is 8.02. The number of carbonyl (C=O) groups excluding carboxylic acids is 1. The van der Waals surface area contributed by atoms with Gasteiger partial charge < -0.3 is 24.5 Å². The summed E-state index contributed by atoms with van der Waals surface area (Å²) in [4.78, 5) is 17.5. The van der Waals surface area contributed by atoms with E-state index in [4.69, 9.17) is 25.9 Å². The van der Waals surface area contributed by atoms with E-state index in [0.29, 0.717) is 12.1 Å². The quantitative estimate of drug-likeness (QED) is 0.432. The molecular weight excluding hydrogens is 374 g/mol. The van der Waals surface area contributed by atoms with Gasteiger partial charge in [-0.2, -0.15) is 0 Å². The Bertz CT molecular complexity index is 832. The lowest BCUT2D eigenvalue weighted by Gasteiger charge is -2.17. The number of fused-ring (bicyclic) bond motifs is 2. The molecule has 1 aromatic rings. The van der Waals surface area contributed by atoms with E-state index in [2.05, 4.69) is 5.16 Å². The van der Waals surface area contributed by atoms with E-state index in [9.17, 15) is 15.0 Å². The zero-order chi connectivity index (χ0) is 19.6. The van der Waals surface area contributed by atoms with Crippen LogP contribution in [-0.2, 0) is 20.7 Å². The molecule has 2 N–H and O–H groups in total. The Morgan fingerprint density at radius 2 is 2.07 bits per heavy atom. The van der Waals surface area contributed by atoms with Crippen LogP contribution in [0, 0.1) is 0 Å². The molecule has 1 aromatic carbocycles. The number of hydrogen-bond acceptors (Lipinski definition) is 7. The van der Waals surface area contributed by atoms with E-state index in [1.165, 1.54) is 7.11 Å². The van der Waals surface area contributed by atoms with Gasteiger partial charge in [0.25, 0.3) is 0 Å². The Balaban J connectivity index is 2.06. The normalized spacial score (nSPS) is 29.1. The highest BCUT2D eigenvalue weighted by Crippen LogP contribution is 2.38. The van der Waals surface area contributed by atoms with Gasteiger partial charge >= 0.3 is 5.97 Å². The van der Waals surface area contributed by atoms with Gasteiger partial charge in [-0.15, -0.1) is 0 Å². The van der Waals surface area contributed by atoms with E-state index >= 15 is 0 Å². The third kappa shape index (κ3) is 4.43. The van der Waals surface area contributed by atoms with Crippen molar-refractivity contribution in [2.75, 3.05) is 7.11 Å². The number of epoxide rings is 1. The van der Waals surface area contributed by atoms with Crippen LogP contribution in [0.15, 0.2) is 35.5 Å². The van der Waals surface area contributed by atoms with Crippen LogP contribution in [0.1, 0.15) is 29.3 Å². The Kier molecular flexibility index (Phi) is 5.72. The maximum absolute atomic E-state index is 12.7. The summed E-state index contributed by atoms with van der Waals surface area (Å²) in [5.74, 6) is -1.50. The molecule has 0 radical (unpaired) electrons. The highest BCUT2D eigenvalue weighted by atomic mass is 35.5. The Labute approximate surface area is 161 Å². The highest BCUT2D eigenvalue weighted by molar-refractivity contribution is 6.33. The fourth-order valence-corrected chi connectivity index (χ4v) is 3.19. The van der Waals surface area contributed by atoms with Crippen LogP contribution in [0.5, 0.6) is 11.5 Å². The number of nitrogens with zero attached hydrogens (tertiary/aromatic N) is 1. The first-order chi connectivity index (χ1) is 12.9. The molecule has 2 aliphatic heterocycles. The molecule has 0 amide bonds. The highest BCUT2D eigenvalue weighted by Gasteiger charge is 2.38. The number of aromatic hydroxyl groups is 2. The molecule has 27 heavy (non-hydrogen) atoms. The Morgan fingerprint density at radius 1 is 1.30 bits per heavy atom. The summed E-state index contributed by atoms with van der Waals surface area (Å²) in [6, 6.07) is 1.02. The molecule has 0 unspecified atom stereocenters. The van der Waals surface area contributed by atoms with Crippen molar-refractivity contribution in [3.8, 4) is 11.5 Å². The molecule has 8 heteroatoms. The second-order valence-corrected chi connectivity index (χ2v) is 6.74. The van der Waals surface area contributed by atoms with Crippen LogP contribution in [0.25, 0.3) is 0 Å². The van der Waals surface area contributed by atoms with E-state index in [1.807, 2.05) is 12.2 Å². The van der Waals surface area contributed by atoms with Gasteiger partial charge in [0.15, 0.2) is 0 Å². The lowest BCUT2D eigenvalue weighted by molar-refractivity contribution is 0.0306. The van der Waals surface area contributed by atoms with Gasteiger partial charge in [-0.1, -0.05) is 35.0 Å². The number of allylic oxidation sites excluding steroid dienone is 3. The average Bonchev–Trinajstić information content (AvgIpc) is 3.32. The summed E-state index contributed by atoms with van der Waals surface area (Å²) in [5, 5.41) is 24.1. The molecule has 1 saturated heterocycles. The molecule has 7 nitrogen and oxygen atoms in total. The summed E-state index contributed by atoms with van der Waals surface area (Å²) in [5.41, 5.74) is 0.526. The summed E-state index contributed by atoms with van der Waals surface area (Å²) < 4.78 is 11.0. The zero-order valence-electron chi connectivity index (χ0n) is 14.9. The number of ether oxygens (including phenoxy) is 2. The third-order valence-corrected chi connectivity index (χ3v) is 4.71. The molecule has 0 aliphatic carbocycles. The molecule has 2 aliphatic rings. The van der Waals surface area contributed by atoms with Crippen LogP contribution in [0.2, 0.25) is 5.02 Å². The van der Waals surface area contributed by atoms with Crippen LogP contribution in [0.4, 0.5) is 0 Å². The Morgan fingerprint density at radius 3 is 2.81 bits per heavy atom. The number of esters is 1. The summed E-state index contributed by atoms with van der Waals surface area (Å²) in [7, 11) is 1.39. The fraction of sp³-hybridized carbons (Fsp3) is 0.368. The van der Waals surface area contributed by atoms with Gasteiger partial charge in [-0.25, -0.2) is 4.79 Å². The second-order valence-electron chi connectivity index (χ2n) is 6.36. The van der Waals surface area contributed by atoms with Gasteiger partial charge in [0.2, 0.25) is 0 Å². The number of rotatable bonds is 1. The number of carbonyl (C=O) groups is 1. The molecule has 0 spiro atoms. The van der Waals surface area contributed by atoms with Gasteiger partial charge in [0, 0.05) is 18.9 Å². The average molecular weight is 394 g/mol. The van der Waals surface area contributed by atoms with Crippen LogP contribution >= 0.6 is 11.6 Å². The van der Waals surface area contributed by atoms with Crippen LogP contribution in [0.3, 0.4) is 0 Å².